The van der Waals surface area contributed by atoms with Crippen molar-refractivity contribution in [3.63, 3.8) is 0 Å². The molecule has 0 fully saturated rings. The number of nitrogens with zero attached hydrogens (tertiary/aromatic N) is 1. The van der Waals surface area contributed by atoms with Crippen LogP contribution in [-0.2, 0) is 29.0 Å². The number of amides is 1. The third-order valence-corrected chi connectivity index (χ3v) is 8.18. The lowest BCUT2D eigenvalue weighted by atomic mass is 9.93. The smallest absolute Gasteiger partial charge is 0.328 e. The Kier molecular flexibility index (Phi) is 12.1. The summed E-state index contributed by atoms with van der Waals surface area (Å²) in [5.41, 5.74) is 6.10. The molecule has 2 N–H and O–H groups in total. The van der Waals surface area contributed by atoms with Gasteiger partial charge in [0.15, 0.2) is 0 Å². The van der Waals surface area contributed by atoms with Crippen molar-refractivity contribution < 1.29 is 28.2 Å². The van der Waals surface area contributed by atoms with Crippen LogP contribution in [0.1, 0.15) is 39.0 Å². The Balaban J connectivity index is 1.73. The standard InChI is InChI=1S/C36H38F2N2O4S/c1-24-6-4-5-7-31(24)33-20-26(10-13-32(33)35(42)39-34(15-17-45-3)36(43)44-2)22-40(23-27-18-28(37)21-29(38)19-27)30-11-8-25(9-12-30)14-16-41/h4-13,18-21,34,41H,14-17,22-23H2,1-3H3,(H,39,42). The molecule has 4 aromatic rings. The summed E-state index contributed by atoms with van der Waals surface area (Å²) < 4.78 is 33.2. The fraction of sp³-hybridized carbons (Fsp3) is 0.278. The largest absolute Gasteiger partial charge is 0.467 e. The lowest BCUT2D eigenvalue weighted by Gasteiger charge is -2.26. The maximum Gasteiger partial charge on any atom is 0.328 e. The first-order chi connectivity index (χ1) is 21.7. The predicted molar refractivity (Wildman–Crippen MR) is 176 cm³/mol. The van der Waals surface area contributed by atoms with Gasteiger partial charge in [0.25, 0.3) is 5.91 Å². The Morgan fingerprint density at radius 1 is 0.889 bits per heavy atom. The normalized spacial score (nSPS) is 11.6. The topological polar surface area (TPSA) is 78.9 Å². The number of aryl methyl sites for hydroxylation is 1. The van der Waals surface area contributed by atoms with Crippen LogP contribution in [0.25, 0.3) is 11.1 Å². The molecule has 0 radical (unpaired) electrons. The van der Waals surface area contributed by atoms with Gasteiger partial charge >= 0.3 is 5.97 Å². The highest BCUT2D eigenvalue weighted by Gasteiger charge is 2.24. The van der Waals surface area contributed by atoms with Gasteiger partial charge in [0.05, 0.1) is 7.11 Å². The predicted octanol–water partition coefficient (Wildman–Crippen LogP) is 6.71. The fourth-order valence-corrected chi connectivity index (χ4v) is 5.70. The van der Waals surface area contributed by atoms with Crippen molar-refractivity contribution in [3.05, 3.63) is 124 Å². The number of aliphatic hydroxyl groups excluding tert-OH is 1. The van der Waals surface area contributed by atoms with Gasteiger partial charge in [-0.1, -0.05) is 42.5 Å². The number of thioether (sulfide) groups is 1. The van der Waals surface area contributed by atoms with E-state index < -0.39 is 23.6 Å². The van der Waals surface area contributed by atoms with Gasteiger partial charge in [-0.3, -0.25) is 4.79 Å². The van der Waals surface area contributed by atoms with Crippen molar-refractivity contribution in [2.45, 2.75) is 38.9 Å². The number of rotatable bonds is 14. The van der Waals surface area contributed by atoms with Crippen LogP contribution in [0.4, 0.5) is 14.5 Å². The van der Waals surface area contributed by atoms with Crippen LogP contribution in [0, 0.1) is 18.6 Å². The van der Waals surface area contributed by atoms with Crippen LogP contribution in [0.2, 0.25) is 0 Å². The number of hydrogen-bond donors (Lipinski definition) is 2. The van der Waals surface area contributed by atoms with Crippen LogP contribution in [-0.4, -0.2) is 48.8 Å². The van der Waals surface area contributed by atoms with Gasteiger partial charge in [0, 0.05) is 37.0 Å². The molecule has 0 aromatic heterocycles. The Morgan fingerprint density at radius 2 is 1.56 bits per heavy atom. The van der Waals surface area contributed by atoms with Crippen molar-refractivity contribution in [2.75, 3.05) is 30.6 Å². The first kappa shape index (κ1) is 33.7. The molecule has 0 aliphatic carbocycles. The molecular formula is C36H38F2N2O4S. The zero-order chi connectivity index (χ0) is 32.3. The summed E-state index contributed by atoms with van der Waals surface area (Å²) in [6.07, 6.45) is 2.89. The number of carbonyl (C=O) groups is 2. The molecule has 0 saturated heterocycles. The lowest BCUT2D eigenvalue weighted by Crippen LogP contribution is -2.42. The summed E-state index contributed by atoms with van der Waals surface area (Å²) in [5.74, 6) is -1.51. The molecule has 4 rings (SSSR count). The number of halogens is 2. The lowest BCUT2D eigenvalue weighted by molar-refractivity contribution is -0.142. The van der Waals surface area contributed by atoms with E-state index in [1.165, 1.54) is 19.2 Å². The molecule has 0 bridgehead atoms. The minimum absolute atomic E-state index is 0.0329. The van der Waals surface area contributed by atoms with Crippen molar-refractivity contribution in [2.24, 2.45) is 0 Å². The highest BCUT2D eigenvalue weighted by molar-refractivity contribution is 7.98. The molecule has 0 spiro atoms. The van der Waals surface area contributed by atoms with E-state index in [-0.39, 0.29) is 19.1 Å². The summed E-state index contributed by atoms with van der Waals surface area (Å²) in [6, 6.07) is 23.7. The minimum Gasteiger partial charge on any atom is -0.467 e. The van der Waals surface area contributed by atoms with Crippen molar-refractivity contribution in [1.82, 2.24) is 5.32 Å². The number of esters is 1. The number of carbonyl (C=O) groups excluding carboxylic acids is 2. The molecular weight excluding hydrogens is 594 g/mol. The third-order valence-electron chi connectivity index (χ3n) is 7.54. The molecule has 1 unspecified atom stereocenters. The van der Waals surface area contributed by atoms with E-state index in [1.54, 1.807) is 17.8 Å². The number of aliphatic hydroxyl groups is 1. The highest BCUT2D eigenvalue weighted by atomic mass is 32.2. The maximum atomic E-state index is 14.1. The zero-order valence-corrected chi connectivity index (χ0v) is 26.5. The van der Waals surface area contributed by atoms with Crippen LogP contribution >= 0.6 is 11.8 Å². The van der Waals surface area contributed by atoms with Gasteiger partial charge in [0.1, 0.15) is 17.7 Å². The number of anilines is 1. The Hall–Kier alpha value is -4.21. The highest BCUT2D eigenvalue weighted by Crippen LogP contribution is 2.30. The number of ether oxygens (including phenoxy) is 1. The van der Waals surface area contributed by atoms with Crippen molar-refractivity contribution in [1.29, 1.82) is 0 Å². The summed E-state index contributed by atoms with van der Waals surface area (Å²) in [4.78, 5) is 28.1. The Morgan fingerprint density at radius 3 is 2.20 bits per heavy atom. The van der Waals surface area contributed by atoms with E-state index >= 15 is 0 Å². The molecule has 1 atom stereocenters. The second-order valence-corrected chi connectivity index (χ2v) is 11.8. The molecule has 0 aliphatic heterocycles. The van der Waals surface area contributed by atoms with Gasteiger partial charge in [-0.15, -0.1) is 0 Å². The second kappa shape index (κ2) is 16.2. The van der Waals surface area contributed by atoms with E-state index in [0.717, 1.165) is 34.0 Å². The van der Waals surface area contributed by atoms with Crippen LogP contribution in [0.15, 0.2) is 84.9 Å². The van der Waals surface area contributed by atoms with Crippen molar-refractivity contribution in [3.8, 4) is 11.1 Å². The van der Waals surface area contributed by atoms with E-state index in [0.29, 0.717) is 41.8 Å². The van der Waals surface area contributed by atoms with Gasteiger partial charge in [0.2, 0.25) is 0 Å². The first-order valence-corrected chi connectivity index (χ1v) is 16.1. The average molecular weight is 633 g/mol. The minimum atomic E-state index is -0.782. The van der Waals surface area contributed by atoms with Gasteiger partial charge < -0.3 is 20.1 Å². The summed E-state index contributed by atoms with van der Waals surface area (Å²) in [7, 11) is 1.30. The number of nitrogens with one attached hydrogen (secondary N) is 1. The summed E-state index contributed by atoms with van der Waals surface area (Å²) >= 11 is 1.58. The molecule has 4 aromatic carbocycles. The van der Waals surface area contributed by atoms with E-state index in [4.69, 9.17) is 4.74 Å². The second-order valence-electron chi connectivity index (χ2n) is 10.8. The molecule has 9 heteroatoms. The van der Waals surface area contributed by atoms with Gasteiger partial charge in [-0.25, -0.2) is 13.6 Å². The molecule has 45 heavy (non-hydrogen) atoms. The van der Waals surface area contributed by atoms with Gasteiger partial charge in [-0.05, 0) is 102 Å². The fourth-order valence-electron chi connectivity index (χ4n) is 5.23. The van der Waals surface area contributed by atoms with Gasteiger partial charge in [-0.2, -0.15) is 11.8 Å². The molecule has 1 amide bonds. The van der Waals surface area contributed by atoms with E-state index in [9.17, 15) is 23.5 Å². The molecule has 6 nitrogen and oxygen atoms in total. The Labute approximate surface area is 267 Å². The summed E-state index contributed by atoms with van der Waals surface area (Å²) in [5, 5.41) is 12.2. The van der Waals surface area contributed by atoms with Crippen LogP contribution in [0.5, 0.6) is 0 Å². The zero-order valence-electron chi connectivity index (χ0n) is 25.7. The first-order valence-electron chi connectivity index (χ1n) is 14.7. The molecule has 0 saturated carbocycles. The number of benzene rings is 4. The molecule has 0 heterocycles. The SMILES string of the molecule is COC(=O)C(CCSC)NC(=O)c1ccc(CN(Cc2cc(F)cc(F)c2)c2ccc(CCO)cc2)cc1-c1ccccc1C. The quantitative estimate of drug-likeness (QED) is 0.151. The van der Waals surface area contributed by atoms with Crippen molar-refractivity contribution >= 4 is 29.3 Å². The van der Waals surface area contributed by atoms with Crippen LogP contribution in [0.3, 0.4) is 0 Å². The summed E-state index contributed by atoms with van der Waals surface area (Å²) in [6.45, 7) is 2.60. The molecule has 0 aliphatic rings. The molecule has 236 valence electrons. The average Bonchev–Trinajstić information content (AvgIpc) is 3.02. The Bertz CT molecular complexity index is 1590. The third kappa shape index (κ3) is 9.15. The maximum absolute atomic E-state index is 14.1. The monoisotopic (exact) mass is 632 g/mol. The number of methoxy groups -OCH3 is 1. The van der Waals surface area contributed by atoms with Crippen LogP contribution < -0.4 is 10.2 Å². The number of hydrogen-bond acceptors (Lipinski definition) is 6. The van der Waals surface area contributed by atoms with E-state index in [2.05, 4.69) is 5.32 Å². The van der Waals surface area contributed by atoms with E-state index in [1.807, 2.05) is 78.7 Å².